The summed E-state index contributed by atoms with van der Waals surface area (Å²) in [6.45, 7) is 8.61. The Labute approximate surface area is 107 Å². The number of hydrogen-bond acceptors (Lipinski definition) is 1. The molecule has 0 aliphatic rings. The summed E-state index contributed by atoms with van der Waals surface area (Å²) in [5, 5.41) is 2.47. The average molecular weight is 238 g/mol. The van der Waals surface area contributed by atoms with E-state index >= 15 is 0 Å². The lowest BCUT2D eigenvalue weighted by Gasteiger charge is -2.02. The van der Waals surface area contributed by atoms with Gasteiger partial charge in [-0.3, -0.25) is 0 Å². The van der Waals surface area contributed by atoms with Gasteiger partial charge in [-0.1, -0.05) is 31.2 Å². The van der Waals surface area contributed by atoms with Crippen molar-refractivity contribution >= 4 is 21.9 Å². The van der Waals surface area contributed by atoms with Gasteiger partial charge in [-0.25, -0.2) is 0 Å². The zero-order chi connectivity index (χ0) is 12.9. The summed E-state index contributed by atoms with van der Waals surface area (Å²) < 4.78 is 6.14. The first-order valence-electron chi connectivity index (χ1n) is 6.54. The maximum atomic E-state index is 6.14. The lowest BCUT2D eigenvalue weighted by atomic mass is 10.0. The highest BCUT2D eigenvalue weighted by molar-refractivity contribution is 6.07. The van der Waals surface area contributed by atoms with Crippen LogP contribution in [-0.4, -0.2) is 0 Å². The van der Waals surface area contributed by atoms with Gasteiger partial charge in [0.15, 0.2) is 0 Å². The standard InChI is InChI=1S/C17H18O/c1-5-13-7-9-15-14-8-6-10(2)11(3)16(14)18-17(15)12(13)4/h6-9H,5H2,1-4H3. The minimum atomic E-state index is 1.04. The van der Waals surface area contributed by atoms with Crippen LogP contribution in [0.3, 0.4) is 0 Å². The maximum Gasteiger partial charge on any atom is 0.138 e. The van der Waals surface area contributed by atoms with Crippen molar-refractivity contribution in [2.45, 2.75) is 34.1 Å². The quantitative estimate of drug-likeness (QED) is 0.576. The van der Waals surface area contributed by atoms with Crippen LogP contribution in [-0.2, 0) is 6.42 Å². The Bertz CT molecular complexity index is 747. The number of benzene rings is 2. The van der Waals surface area contributed by atoms with Gasteiger partial charge in [0.25, 0.3) is 0 Å². The molecule has 0 aliphatic heterocycles. The van der Waals surface area contributed by atoms with Crippen molar-refractivity contribution in [3.63, 3.8) is 0 Å². The summed E-state index contributed by atoms with van der Waals surface area (Å²) >= 11 is 0. The summed E-state index contributed by atoms with van der Waals surface area (Å²) in [5.41, 5.74) is 7.29. The lowest BCUT2D eigenvalue weighted by Crippen LogP contribution is -1.85. The fourth-order valence-electron chi connectivity index (χ4n) is 2.69. The van der Waals surface area contributed by atoms with Crippen LogP contribution in [0.2, 0.25) is 0 Å². The van der Waals surface area contributed by atoms with Gasteiger partial charge in [-0.05, 0) is 49.4 Å². The Kier molecular flexibility index (Phi) is 2.44. The molecule has 0 fully saturated rings. The van der Waals surface area contributed by atoms with Crippen LogP contribution in [0.1, 0.15) is 29.2 Å². The summed E-state index contributed by atoms with van der Waals surface area (Å²) in [6.07, 6.45) is 1.05. The molecule has 2 aromatic carbocycles. The largest absolute Gasteiger partial charge is 0.455 e. The van der Waals surface area contributed by atoms with Gasteiger partial charge >= 0.3 is 0 Å². The molecule has 3 aromatic rings. The van der Waals surface area contributed by atoms with E-state index in [1.165, 1.54) is 33.0 Å². The SMILES string of the molecule is CCc1ccc2c(oc3c(C)c(C)ccc32)c1C. The number of fused-ring (bicyclic) bond motifs is 3. The van der Waals surface area contributed by atoms with Crippen LogP contribution in [0.5, 0.6) is 0 Å². The van der Waals surface area contributed by atoms with Gasteiger partial charge in [0.2, 0.25) is 0 Å². The third-order valence-electron chi connectivity index (χ3n) is 4.07. The molecule has 0 amide bonds. The lowest BCUT2D eigenvalue weighted by molar-refractivity contribution is 0.661. The molecule has 0 N–H and O–H groups in total. The molecule has 0 radical (unpaired) electrons. The Morgan fingerprint density at radius 3 is 2.11 bits per heavy atom. The normalized spacial score (nSPS) is 11.6. The van der Waals surface area contributed by atoms with Crippen molar-refractivity contribution in [3.05, 3.63) is 46.5 Å². The minimum absolute atomic E-state index is 1.04. The molecule has 1 heteroatoms. The molecule has 0 unspecified atom stereocenters. The molecule has 92 valence electrons. The Balaban J connectivity index is 2.50. The predicted octanol–water partition coefficient (Wildman–Crippen LogP) is 5.07. The second-order valence-corrected chi connectivity index (χ2v) is 5.07. The van der Waals surface area contributed by atoms with Gasteiger partial charge in [0.05, 0.1) is 0 Å². The first kappa shape index (κ1) is 11.3. The first-order chi connectivity index (χ1) is 8.63. The topological polar surface area (TPSA) is 13.1 Å². The molecule has 18 heavy (non-hydrogen) atoms. The molecule has 1 heterocycles. The van der Waals surface area contributed by atoms with Crippen molar-refractivity contribution in [1.82, 2.24) is 0 Å². The van der Waals surface area contributed by atoms with Crippen LogP contribution in [0, 0.1) is 20.8 Å². The van der Waals surface area contributed by atoms with E-state index in [4.69, 9.17) is 4.42 Å². The van der Waals surface area contributed by atoms with Crippen LogP contribution >= 0.6 is 0 Å². The number of furan rings is 1. The summed E-state index contributed by atoms with van der Waals surface area (Å²) in [7, 11) is 0. The van der Waals surface area contributed by atoms with E-state index in [0.717, 1.165) is 17.6 Å². The van der Waals surface area contributed by atoms with E-state index in [-0.39, 0.29) is 0 Å². The molecule has 0 bridgehead atoms. The monoisotopic (exact) mass is 238 g/mol. The molecular weight excluding hydrogens is 220 g/mol. The molecule has 0 atom stereocenters. The number of aryl methyl sites for hydroxylation is 4. The second kappa shape index (κ2) is 3.88. The van der Waals surface area contributed by atoms with Gasteiger partial charge in [0, 0.05) is 10.8 Å². The third kappa shape index (κ3) is 1.40. The number of rotatable bonds is 1. The van der Waals surface area contributed by atoms with Crippen molar-refractivity contribution in [2.75, 3.05) is 0 Å². The van der Waals surface area contributed by atoms with E-state index < -0.39 is 0 Å². The molecule has 0 spiro atoms. The van der Waals surface area contributed by atoms with Gasteiger partial charge < -0.3 is 4.42 Å². The fourth-order valence-corrected chi connectivity index (χ4v) is 2.69. The van der Waals surface area contributed by atoms with Crippen molar-refractivity contribution in [2.24, 2.45) is 0 Å². The Morgan fingerprint density at radius 2 is 1.44 bits per heavy atom. The van der Waals surface area contributed by atoms with E-state index in [1.807, 2.05) is 0 Å². The highest BCUT2D eigenvalue weighted by Crippen LogP contribution is 2.34. The van der Waals surface area contributed by atoms with E-state index in [1.54, 1.807) is 0 Å². The maximum absolute atomic E-state index is 6.14. The highest BCUT2D eigenvalue weighted by atomic mass is 16.3. The Morgan fingerprint density at radius 1 is 0.833 bits per heavy atom. The fraction of sp³-hybridized carbons (Fsp3) is 0.294. The van der Waals surface area contributed by atoms with E-state index in [9.17, 15) is 0 Å². The van der Waals surface area contributed by atoms with Crippen molar-refractivity contribution < 1.29 is 4.42 Å². The zero-order valence-corrected chi connectivity index (χ0v) is 11.4. The molecular formula is C17H18O. The molecule has 3 rings (SSSR count). The molecule has 1 nitrogen and oxygen atoms in total. The van der Waals surface area contributed by atoms with Crippen molar-refractivity contribution in [3.8, 4) is 0 Å². The predicted molar refractivity (Wildman–Crippen MR) is 77.3 cm³/mol. The van der Waals surface area contributed by atoms with E-state index in [2.05, 4.69) is 52.0 Å². The average Bonchev–Trinajstić information content (AvgIpc) is 2.75. The van der Waals surface area contributed by atoms with Gasteiger partial charge in [-0.2, -0.15) is 0 Å². The zero-order valence-electron chi connectivity index (χ0n) is 11.4. The molecule has 0 aliphatic carbocycles. The van der Waals surface area contributed by atoms with E-state index in [0.29, 0.717) is 0 Å². The Hall–Kier alpha value is -1.76. The highest BCUT2D eigenvalue weighted by Gasteiger charge is 2.13. The van der Waals surface area contributed by atoms with Crippen molar-refractivity contribution in [1.29, 1.82) is 0 Å². The summed E-state index contributed by atoms with van der Waals surface area (Å²) in [4.78, 5) is 0. The van der Waals surface area contributed by atoms with Gasteiger partial charge in [0.1, 0.15) is 11.2 Å². The van der Waals surface area contributed by atoms with Gasteiger partial charge in [-0.15, -0.1) is 0 Å². The summed E-state index contributed by atoms with van der Waals surface area (Å²) in [5.74, 6) is 0. The van der Waals surface area contributed by atoms with Crippen LogP contribution in [0.25, 0.3) is 21.9 Å². The molecule has 0 saturated carbocycles. The minimum Gasteiger partial charge on any atom is -0.455 e. The van der Waals surface area contributed by atoms with Crippen LogP contribution in [0.15, 0.2) is 28.7 Å². The second-order valence-electron chi connectivity index (χ2n) is 5.07. The van der Waals surface area contributed by atoms with Crippen LogP contribution in [0.4, 0.5) is 0 Å². The smallest absolute Gasteiger partial charge is 0.138 e. The summed E-state index contributed by atoms with van der Waals surface area (Å²) in [6, 6.07) is 8.77. The third-order valence-corrected chi connectivity index (χ3v) is 4.07. The molecule has 1 aromatic heterocycles. The first-order valence-corrected chi connectivity index (χ1v) is 6.54. The number of hydrogen-bond donors (Lipinski definition) is 0. The molecule has 0 saturated heterocycles. The van der Waals surface area contributed by atoms with Crippen LogP contribution < -0.4 is 0 Å².